The lowest BCUT2D eigenvalue weighted by Crippen LogP contribution is -2.34. The molecule has 10 heteroatoms. The molecule has 0 heterocycles. The third-order valence-electron chi connectivity index (χ3n) is 2.39. The van der Waals surface area contributed by atoms with Gasteiger partial charge in [0.25, 0.3) is 5.91 Å². The van der Waals surface area contributed by atoms with E-state index < -0.39 is 44.5 Å². The van der Waals surface area contributed by atoms with Crippen molar-refractivity contribution < 1.29 is 28.0 Å². The summed E-state index contributed by atoms with van der Waals surface area (Å²) in [6.45, 7) is -0.312. The van der Waals surface area contributed by atoms with E-state index in [-0.39, 0.29) is 6.54 Å². The predicted molar refractivity (Wildman–Crippen MR) is 70.1 cm³/mol. The summed E-state index contributed by atoms with van der Waals surface area (Å²) in [4.78, 5) is 31.3. The molecule has 0 spiro atoms. The summed E-state index contributed by atoms with van der Waals surface area (Å²) < 4.78 is 31.6. The maximum atomic E-state index is 13.7. The zero-order valence-electron chi connectivity index (χ0n) is 10.6. The van der Waals surface area contributed by atoms with Crippen molar-refractivity contribution in [2.24, 2.45) is 0 Å². The van der Waals surface area contributed by atoms with Gasteiger partial charge in [0, 0.05) is 12.6 Å². The molecular formula is C11H9BrF2N2O5. The van der Waals surface area contributed by atoms with E-state index in [4.69, 9.17) is 0 Å². The van der Waals surface area contributed by atoms with E-state index in [0.717, 1.165) is 7.11 Å². The Kier molecular flexibility index (Phi) is 5.70. The minimum Gasteiger partial charge on any atom is -0.468 e. The van der Waals surface area contributed by atoms with Gasteiger partial charge in [-0.15, -0.1) is 0 Å². The number of halogens is 3. The number of carbonyl (C=O) groups excluding carboxylic acids is 2. The smallest absolute Gasteiger partial charge is 0.321 e. The molecule has 0 aliphatic rings. The van der Waals surface area contributed by atoms with Crippen molar-refractivity contribution in [3.8, 4) is 0 Å². The molecule has 1 amide bonds. The van der Waals surface area contributed by atoms with Gasteiger partial charge in [-0.2, -0.15) is 4.39 Å². The summed E-state index contributed by atoms with van der Waals surface area (Å²) in [6.07, 6.45) is 0. The third-order valence-corrected chi connectivity index (χ3v) is 3.09. The van der Waals surface area contributed by atoms with E-state index in [9.17, 15) is 28.5 Å². The molecule has 1 rings (SSSR count). The van der Waals surface area contributed by atoms with Crippen molar-refractivity contribution in [2.75, 3.05) is 13.7 Å². The molecule has 114 valence electrons. The average molecular weight is 367 g/mol. The predicted octanol–water partition coefficient (Wildman–Crippen LogP) is 1.54. The van der Waals surface area contributed by atoms with Crippen LogP contribution in [0.5, 0.6) is 0 Å². The molecule has 0 fully saturated rings. The highest BCUT2D eigenvalue weighted by Gasteiger charge is 2.27. The summed E-state index contributed by atoms with van der Waals surface area (Å²) in [6, 6.07) is 1.23. The van der Waals surface area contributed by atoms with Gasteiger partial charge in [0.15, 0.2) is 0 Å². The van der Waals surface area contributed by atoms with Crippen molar-refractivity contribution in [1.82, 2.24) is 5.32 Å². The molecule has 0 aromatic heterocycles. The SMILES string of the molecule is COC(=O)C(Br)CNC(=O)c1c(F)ccc([N+](=O)[O-])c1F. The fraction of sp³-hybridized carbons (Fsp3) is 0.273. The number of esters is 1. The number of hydrogen-bond donors (Lipinski definition) is 1. The first kappa shape index (κ1) is 17.0. The van der Waals surface area contributed by atoms with E-state index in [0.29, 0.717) is 12.1 Å². The highest BCUT2D eigenvalue weighted by Crippen LogP contribution is 2.23. The number of amides is 1. The molecular weight excluding hydrogens is 358 g/mol. The number of hydrogen-bond acceptors (Lipinski definition) is 5. The van der Waals surface area contributed by atoms with Crippen LogP contribution in [0.4, 0.5) is 14.5 Å². The molecule has 1 atom stereocenters. The van der Waals surface area contributed by atoms with Gasteiger partial charge in [-0.3, -0.25) is 19.7 Å². The Balaban J connectivity index is 2.95. The Morgan fingerprint density at radius 3 is 2.62 bits per heavy atom. The van der Waals surface area contributed by atoms with Crippen LogP contribution in [0.3, 0.4) is 0 Å². The normalized spacial score (nSPS) is 11.6. The summed E-state index contributed by atoms with van der Waals surface area (Å²) in [5.41, 5.74) is -2.11. The van der Waals surface area contributed by atoms with Crippen LogP contribution >= 0.6 is 15.9 Å². The summed E-state index contributed by atoms with van der Waals surface area (Å²) in [5.74, 6) is -4.75. The Labute approximate surface area is 125 Å². The van der Waals surface area contributed by atoms with E-state index in [2.05, 4.69) is 26.0 Å². The molecule has 1 unspecified atom stereocenters. The molecule has 7 nitrogen and oxygen atoms in total. The number of nitro groups is 1. The van der Waals surface area contributed by atoms with E-state index in [1.54, 1.807) is 0 Å². The van der Waals surface area contributed by atoms with Crippen molar-refractivity contribution in [3.05, 3.63) is 39.4 Å². The average Bonchev–Trinajstić information content (AvgIpc) is 2.43. The fourth-order valence-electron chi connectivity index (χ4n) is 1.37. The molecule has 1 N–H and O–H groups in total. The lowest BCUT2D eigenvalue weighted by Gasteiger charge is -2.10. The van der Waals surface area contributed by atoms with E-state index >= 15 is 0 Å². The number of alkyl halides is 1. The van der Waals surface area contributed by atoms with Gasteiger partial charge in [-0.05, 0) is 6.07 Å². The van der Waals surface area contributed by atoms with Gasteiger partial charge in [-0.1, -0.05) is 15.9 Å². The van der Waals surface area contributed by atoms with Crippen LogP contribution in [0.25, 0.3) is 0 Å². The lowest BCUT2D eigenvalue weighted by molar-refractivity contribution is -0.387. The van der Waals surface area contributed by atoms with Crippen molar-refractivity contribution in [1.29, 1.82) is 0 Å². The van der Waals surface area contributed by atoms with Gasteiger partial charge in [0.1, 0.15) is 16.2 Å². The highest BCUT2D eigenvalue weighted by atomic mass is 79.9. The first-order valence-electron chi connectivity index (χ1n) is 5.42. The molecule has 0 radical (unpaired) electrons. The topological polar surface area (TPSA) is 98.5 Å². The van der Waals surface area contributed by atoms with Crippen molar-refractivity contribution >= 4 is 33.5 Å². The van der Waals surface area contributed by atoms with Gasteiger partial charge >= 0.3 is 11.7 Å². The molecule has 1 aromatic carbocycles. The second-order valence-corrected chi connectivity index (χ2v) is 4.82. The number of benzene rings is 1. The first-order valence-corrected chi connectivity index (χ1v) is 6.33. The number of methoxy groups -OCH3 is 1. The van der Waals surface area contributed by atoms with Crippen LogP contribution < -0.4 is 5.32 Å². The van der Waals surface area contributed by atoms with Crippen LogP contribution in [0, 0.1) is 21.7 Å². The van der Waals surface area contributed by atoms with Gasteiger partial charge in [0.2, 0.25) is 5.82 Å². The molecule has 0 aliphatic heterocycles. The number of nitro benzene ring substituents is 1. The van der Waals surface area contributed by atoms with Crippen molar-refractivity contribution in [3.63, 3.8) is 0 Å². The summed E-state index contributed by atoms with van der Waals surface area (Å²) in [7, 11) is 1.12. The zero-order valence-corrected chi connectivity index (χ0v) is 12.1. The zero-order chi connectivity index (χ0) is 16.2. The summed E-state index contributed by atoms with van der Waals surface area (Å²) >= 11 is 2.89. The molecule has 0 aliphatic carbocycles. The summed E-state index contributed by atoms with van der Waals surface area (Å²) in [5, 5.41) is 12.6. The number of nitrogens with zero attached hydrogens (tertiary/aromatic N) is 1. The second kappa shape index (κ2) is 7.07. The standard InChI is InChI=1S/C11H9BrF2N2O5/c1-21-11(18)5(12)4-15-10(17)8-6(13)2-3-7(9(8)14)16(19)20/h2-3,5H,4H2,1H3,(H,15,17). The maximum Gasteiger partial charge on any atom is 0.321 e. The molecule has 0 saturated heterocycles. The molecule has 0 bridgehead atoms. The number of rotatable bonds is 5. The van der Waals surface area contributed by atoms with Crippen LogP contribution in [-0.4, -0.2) is 35.3 Å². The van der Waals surface area contributed by atoms with Crippen LogP contribution in [-0.2, 0) is 9.53 Å². The molecule has 21 heavy (non-hydrogen) atoms. The number of nitrogens with one attached hydrogen (secondary N) is 1. The van der Waals surface area contributed by atoms with E-state index in [1.807, 2.05) is 0 Å². The van der Waals surface area contributed by atoms with Gasteiger partial charge in [-0.25, -0.2) is 4.39 Å². The lowest BCUT2D eigenvalue weighted by atomic mass is 10.1. The largest absolute Gasteiger partial charge is 0.468 e. The van der Waals surface area contributed by atoms with Crippen molar-refractivity contribution in [2.45, 2.75) is 4.83 Å². The third kappa shape index (κ3) is 3.94. The monoisotopic (exact) mass is 366 g/mol. The minimum atomic E-state index is -1.58. The quantitative estimate of drug-likeness (QED) is 0.368. The second-order valence-electron chi connectivity index (χ2n) is 3.71. The van der Waals surface area contributed by atoms with Crippen LogP contribution in [0.1, 0.15) is 10.4 Å². The minimum absolute atomic E-state index is 0.312. The van der Waals surface area contributed by atoms with Crippen LogP contribution in [0.2, 0.25) is 0 Å². The van der Waals surface area contributed by atoms with Crippen LogP contribution in [0.15, 0.2) is 12.1 Å². The van der Waals surface area contributed by atoms with Gasteiger partial charge in [0.05, 0.1) is 12.0 Å². The Morgan fingerprint density at radius 2 is 2.10 bits per heavy atom. The molecule has 0 saturated carbocycles. The first-order chi connectivity index (χ1) is 9.79. The Bertz CT molecular complexity index is 596. The maximum absolute atomic E-state index is 13.7. The fourth-order valence-corrected chi connectivity index (χ4v) is 1.72. The molecule has 1 aromatic rings. The highest BCUT2D eigenvalue weighted by molar-refractivity contribution is 9.10. The number of carbonyl (C=O) groups is 2. The van der Waals surface area contributed by atoms with Gasteiger partial charge < -0.3 is 10.1 Å². The Morgan fingerprint density at radius 1 is 1.48 bits per heavy atom. The Hall–Kier alpha value is -2.10. The van der Waals surface area contributed by atoms with E-state index in [1.165, 1.54) is 0 Å². The number of ether oxygens (including phenoxy) is 1.